The van der Waals surface area contributed by atoms with Crippen LogP contribution >= 0.6 is 15.9 Å². The lowest BCUT2D eigenvalue weighted by molar-refractivity contribution is -0.137. The van der Waals surface area contributed by atoms with Gasteiger partial charge < -0.3 is 0 Å². The Labute approximate surface area is 119 Å². The predicted octanol–water partition coefficient (Wildman–Crippen LogP) is 4.45. The highest BCUT2D eigenvalue weighted by molar-refractivity contribution is 9.09. The Morgan fingerprint density at radius 1 is 1.16 bits per heavy atom. The van der Waals surface area contributed by atoms with Crippen molar-refractivity contribution in [3.63, 3.8) is 0 Å². The first kappa shape index (κ1) is 14.9. The van der Waals surface area contributed by atoms with Crippen LogP contribution in [0.25, 0.3) is 0 Å². The molecule has 1 heterocycles. The van der Waals surface area contributed by atoms with Crippen LogP contribution in [-0.4, -0.2) is 22.8 Å². The first-order valence-corrected chi connectivity index (χ1v) is 7.59. The highest BCUT2D eigenvalue weighted by Crippen LogP contribution is 2.29. The molecule has 5 heteroatoms. The summed E-state index contributed by atoms with van der Waals surface area (Å²) >= 11 is 3.51. The second kappa shape index (κ2) is 6.27. The molecule has 2 rings (SSSR count). The maximum Gasteiger partial charge on any atom is 0.416 e. The molecule has 19 heavy (non-hydrogen) atoms. The van der Waals surface area contributed by atoms with Crippen LogP contribution in [0.5, 0.6) is 0 Å². The quantitative estimate of drug-likeness (QED) is 0.737. The molecule has 0 saturated carbocycles. The summed E-state index contributed by atoms with van der Waals surface area (Å²) in [6, 6.07) is 6.01. The predicted molar refractivity (Wildman–Crippen MR) is 73.3 cm³/mol. The summed E-state index contributed by atoms with van der Waals surface area (Å²) < 4.78 is 37.4. The van der Waals surface area contributed by atoms with Gasteiger partial charge in [0.1, 0.15) is 0 Å². The molecule has 0 N–H and O–H groups in total. The van der Waals surface area contributed by atoms with Crippen molar-refractivity contribution in [1.82, 2.24) is 4.90 Å². The summed E-state index contributed by atoms with van der Waals surface area (Å²) in [7, 11) is 0. The highest BCUT2D eigenvalue weighted by Gasteiger charge is 2.30. The zero-order chi connectivity index (χ0) is 13.9. The number of halogens is 4. The molecule has 0 aromatic heterocycles. The third kappa shape index (κ3) is 3.96. The summed E-state index contributed by atoms with van der Waals surface area (Å²) in [6.07, 6.45) is -0.683. The number of rotatable bonds is 3. The lowest BCUT2D eigenvalue weighted by atomic mass is 10.0. The molecule has 0 amide bonds. The fourth-order valence-corrected chi connectivity index (χ4v) is 3.21. The topological polar surface area (TPSA) is 3.24 Å². The number of hydrogen-bond donors (Lipinski definition) is 0. The van der Waals surface area contributed by atoms with E-state index in [-0.39, 0.29) is 0 Å². The number of alkyl halides is 4. The van der Waals surface area contributed by atoms with E-state index < -0.39 is 11.7 Å². The van der Waals surface area contributed by atoms with Crippen molar-refractivity contribution in [2.75, 3.05) is 11.9 Å². The van der Waals surface area contributed by atoms with Gasteiger partial charge in [-0.2, -0.15) is 13.2 Å². The Balaban J connectivity index is 2.02. The number of likely N-dealkylation sites (tertiary alicyclic amines) is 1. The van der Waals surface area contributed by atoms with Gasteiger partial charge in [0.2, 0.25) is 0 Å². The van der Waals surface area contributed by atoms with Crippen molar-refractivity contribution < 1.29 is 13.2 Å². The van der Waals surface area contributed by atoms with Crippen molar-refractivity contribution in [3.8, 4) is 0 Å². The summed E-state index contributed by atoms with van der Waals surface area (Å²) in [5, 5.41) is 0.924. The number of piperidine rings is 1. The molecule has 1 saturated heterocycles. The van der Waals surface area contributed by atoms with Crippen molar-refractivity contribution >= 4 is 15.9 Å². The Hall–Kier alpha value is -0.550. The van der Waals surface area contributed by atoms with E-state index in [2.05, 4.69) is 20.8 Å². The molecule has 1 unspecified atom stereocenters. The smallest absolute Gasteiger partial charge is 0.295 e. The minimum absolute atomic E-state index is 0.496. The third-order valence-corrected chi connectivity index (χ3v) is 4.34. The number of hydrogen-bond acceptors (Lipinski definition) is 1. The Kier molecular flexibility index (Phi) is 4.90. The molecule has 1 aromatic rings. The first-order chi connectivity index (χ1) is 9.00. The van der Waals surface area contributed by atoms with E-state index in [4.69, 9.17) is 0 Å². The number of benzene rings is 1. The van der Waals surface area contributed by atoms with Crippen LogP contribution < -0.4 is 0 Å². The molecule has 1 fully saturated rings. The summed E-state index contributed by atoms with van der Waals surface area (Å²) in [4.78, 5) is 2.35. The van der Waals surface area contributed by atoms with Crippen LogP contribution in [0.1, 0.15) is 30.4 Å². The van der Waals surface area contributed by atoms with Gasteiger partial charge in [-0.1, -0.05) is 34.5 Å². The second-order valence-electron chi connectivity index (χ2n) is 4.97. The van der Waals surface area contributed by atoms with Crippen molar-refractivity contribution in [2.24, 2.45) is 0 Å². The van der Waals surface area contributed by atoms with E-state index in [9.17, 15) is 13.2 Å². The largest absolute Gasteiger partial charge is 0.416 e. The van der Waals surface area contributed by atoms with E-state index in [0.29, 0.717) is 6.04 Å². The molecule has 0 spiro atoms. The van der Waals surface area contributed by atoms with Crippen LogP contribution in [0.4, 0.5) is 13.2 Å². The van der Waals surface area contributed by atoms with Crippen molar-refractivity contribution in [1.29, 1.82) is 0 Å². The van der Waals surface area contributed by atoms with Gasteiger partial charge in [0, 0.05) is 17.9 Å². The lowest BCUT2D eigenvalue weighted by Gasteiger charge is -2.34. The fourth-order valence-electron chi connectivity index (χ4n) is 2.48. The van der Waals surface area contributed by atoms with Gasteiger partial charge in [0.25, 0.3) is 0 Å². The van der Waals surface area contributed by atoms with Crippen molar-refractivity contribution in [2.45, 2.75) is 38.0 Å². The molecule has 1 aromatic carbocycles. The minimum atomic E-state index is -4.25. The maximum absolute atomic E-state index is 12.5. The molecule has 0 bridgehead atoms. The highest BCUT2D eigenvalue weighted by atomic mass is 79.9. The normalized spacial score (nSPS) is 21.6. The van der Waals surface area contributed by atoms with Crippen LogP contribution in [0.2, 0.25) is 0 Å². The van der Waals surface area contributed by atoms with Crippen LogP contribution in [-0.2, 0) is 12.7 Å². The SMILES string of the molecule is FC(F)(F)c1ccc(CN2CCCCC2CBr)cc1. The van der Waals surface area contributed by atoms with Gasteiger partial charge in [-0.3, -0.25) is 4.90 Å². The molecule has 106 valence electrons. The van der Waals surface area contributed by atoms with Gasteiger partial charge in [0.15, 0.2) is 0 Å². The molecule has 0 radical (unpaired) electrons. The van der Waals surface area contributed by atoms with Gasteiger partial charge >= 0.3 is 6.18 Å². The second-order valence-corrected chi connectivity index (χ2v) is 5.62. The van der Waals surface area contributed by atoms with E-state index in [1.165, 1.54) is 25.0 Å². The Bertz CT molecular complexity index is 402. The van der Waals surface area contributed by atoms with Crippen LogP contribution in [0, 0.1) is 0 Å². The molecule has 1 aliphatic heterocycles. The fraction of sp³-hybridized carbons (Fsp3) is 0.571. The van der Waals surface area contributed by atoms with Gasteiger partial charge in [0.05, 0.1) is 5.56 Å². The lowest BCUT2D eigenvalue weighted by Crippen LogP contribution is -2.39. The minimum Gasteiger partial charge on any atom is -0.295 e. The summed E-state index contributed by atoms with van der Waals surface area (Å²) in [5.74, 6) is 0. The van der Waals surface area contributed by atoms with Crippen molar-refractivity contribution in [3.05, 3.63) is 35.4 Å². The Morgan fingerprint density at radius 2 is 1.84 bits per heavy atom. The average Bonchev–Trinajstić information content (AvgIpc) is 2.39. The molecular formula is C14H17BrF3N. The first-order valence-electron chi connectivity index (χ1n) is 6.47. The third-order valence-electron chi connectivity index (χ3n) is 3.59. The summed E-state index contributed by atoms with van der Waals surface area (Å²) in [5.41, 5.74) is 0.368. The zero-order valence-corrected chi connectivity index (χ0v) is 12.2. The number of nitrogens with zero attached hydrogens (tertiary/aromatic N) is 1. The zero-order valence-electron chi connectivity index (χ0n) is 10.6. The summed E-state index contributed by atoms with van der Waals surface area (Å²) in [6.45, 7) is 1.76. The molecule has 0 aliphatic carbocycles. The Morgan fingerprint density at radius 3 is 2.42 bits per heavy atom. The van der Waals surface area contributed by atoms with E-state index in [1.807, 2.05) is 0 Å². The van der Waals surface area contributed by atoms with Gasteiger partial charge in [-0.25, -0.2) is 0 Å². The molecule has 1 aliphatic rings. The maximum atomic E-state index is 12.5. The van der Waals surface area contributed by atoms with E-state index in [0.717, 1.165) is 30.4 Å². The average molecular weight is 336 g/mol. The van der Waals surface area contributed by atoms with Gasteiger partial charge in [-0.05, 0) is 37.1 Å². The van der Waals surface area contributed by atoms with Crippen LogP contribution in [0.3, 0.4) is 0 Å². The standard InChI is InChI=1S/C14H17BrF3N/c15-9-13-3-1-2-8-19(13)10-11-4-6-12(7-5-11)14(16,17)18/h4-7,13H,1-3,8-10H2. The molecule has 1 nitrogen and oxygen atoms in total. The molecular weight excluding hydrogens is 319 g/mol. The van der Waals surface area contributed by atoms with Gasteiger partial charge in [-0.15, -0.1) is 0 Å². The van der Waals surface area contributed by atoms with E-state index in [1.54, 1.807) is 12.1 Å². The monoisotopic (exact) mass is 335 g/mol. The van der Waals surface area contributed by atoms with E-state index >= 15 is 0 Å². The molecule has 1 atom stereocenters. The van der Waals surface area contributed by atoms with Crippen LogP contribution in [0.15, 0.2) is 24.3 Å².